The molecule has 32 heavy (non-hydrogen) atoms. The fourth-order valence-corrected chi connectivity index (χ4v) is 9.49. The Bertz CT molecular complexity index is 732. The Kier molecular flexibility index (Phi) is 6.51. The largest absolute Gasteiger partial charge is 0.393 e. The van der Waals surface area contributed by atoms with Crippen molar-refractivity contribution in [3.05, 3.63) is 12.2 Å². The highest BCUT2D eigenvalue weighted by Gasteiger charge is 2.72. The smallest absolute Gasteiger partial charge is 0.126 e. The molecule has 4 aliphatic carbocycles. The molecule has 182 valence electrons. The topological polar surface area (TPSA) is 57.5 Å². The lowest BCUT2D eigenvalue weighted by Gasteiger charge is -2.52. The van der Waals surface area contributed by atoms with E-state index in [1.807, 2.05) is 0 Å². The number of fused-ring (bicyclic) bond motifs is 5. The van der Waals surface area contributed by atoms with Crippen molar-refractivity contribution in [2.75, 3.05) is 0 Å². The van der Waals surface area contributed by atoms with Gasteiger partial charge in [0.15, 0.2) is 0 Å². The van der Waals surface area contributed by atoms with E-state index < -0.39 is 11.7 Å². The molecule has 0 radical (unpaired) electrons. The summed E-state index contributed by atoms with van der Waals surface area (Å²) < 4.78 is 0. The summed E-state index contributed by atoms with van der Waals surface area (Å²) in [5, 5.41) is 22.3. The second-order valence-corrected chi connectivity index (χ2v) is 12.9. The zero-order valence-corrected chi connectivity index (χ0v) is 21.3. The van der Waals surface area contributed by atoms with Crippen LogP contribution in [0, 0.1) is 52.3 Å². The van der Waals surface area contributed by atoms with E-state index in [1.165, 1.54) is 37.7 Å². The van der Waals surface area contributed by atoms with Crippen LogP contribution in [0.25, 0.3) is 0 Å². The number of rotatable bonds is 7. The molecular weight excluding hydrogens is 396 g/mol. The van der Waals surface area contributed by atoms with E-state index in [-0.39, 0.29) is 22.7 Å². The number of aliphatic hydroxyl groups excluding tert-OH is 1. The zero-order valence-electron chi connectivity index (χ0n) is 21.3. The molecule has 4 aliphatic rings. The Morgan fingerprint density at radius 2 is 1.84 bits per heavy atom. The first-order chi connectivity index (χ1) is 15.0. The number of aliphatic hydroxyl groups is 2. The standard InChI is InChI=1S/C29H48O3/c1-7-18(2)19(3)8-9-20(4)22-10-11-23-26-24(13-14-27(22,23)5)28(6)15-12-21(31)16-29(28,32)25(26)17-30/h17-18,20-26,31-32H,3,7-16H2,1-2,4-6H3/t18-,20-,21+,22-,23+,24+,25-,26+,27-,28-,29-/m1/s1. The zero-order chi connectivity index (χ0) is 23.5. The van der Waals surface area contributed by atoms with Crippen molar-refractivity contribution in [1.29, 1.82) is 0 Å². The molecule has 0 aliphatic heterocycles. The normalized spacial score (nSPS) is 49.6. The monoisotopic (exact) mass is 444 g/mol. The van der Waals surface area contributed by atoms with Gasteiger partial charge in [0.05, 0.1) is 11.7 Å². The van der Waals surface area contributed by atoms with Crippen LogP contribution in [-0.2, 0) is 4.79 Å². The molecule has 0 aromatic heterocycles. The minimum absolute atomic E-state index is 0.235. The predicted molar refractivity (Wildman–Crippen MR) is 130 cm³/mol. The van der Waals surface area contributed by atoms with E-state index >= 15 is 0 Å². The van der Waals surface area contributed by atoms with Crippen LogP contribution in [0.3, 0.4) is 0 Å². The maximum atomic E-state index is 12.5. The van der Waals surface area contributed by atoms with Crippen LogP contribution in [0.4, 0.5) is 0 Å². The van der Waals surface area contributed by atoms with Gasteiger partial charge in [-0.3, -0.25) is 0 Å². The number of hydrogen-bond donors (Lipinski definition) is 2. The fourth-order valence-electron chi connectivity index (χ4n) is 9.49. The number of carbonyl (C=O) groups excluding carboxylic acids is 1. The van der Waals surface area contributed by atoms with Gasteiger partial charge in [-0.2, -0.15) is 0 Å². The summed E-state index contributed by atoms with van der Waals surface area (Å²) in [6.07, 6.45) is 10.9. The van der Waals surface area contributed by atoms with Crippen molar-refractivity contribution in [3.63, 3.8) is 0 Å². The highest BCUT2D eigenvalue weighted by Crippen LogP contribution is 2.72. The lowest BCUT2D eigenvalue weighted by atomic mass is 9.53. The second kappa shape index (κ2) is 8.52. The molecule has 0 spiro atoms. The SMILES string of the molecule is C=C(CC[C@@H](C)[C@H]1CC[C@H]2[C@@H]3[C@@H](C=O)[C@]4(O)C[C@@H](O)CC[C@]4(C)[C@H]3CC[C@]12C)[C@H](C)CC. The van der Waals surface area contributed by atoms with Gasteiger partial charge in [0, 0.05) is 17.8 Å². The van der Waals surface area contributed by atoms with Crippen LogP contribution in [0.2, 0.25) is 0 Å². The Balaban J connectivity index is 1.56. The van der Waals surface area contributed by atoms with Gasteiger partial charge in [-0.05, 0) is 98.7 Å². The van der Waals surface area contributed by atoms with Crippen molar-refractivity contribution in [2.45, 2.75) is 111 Å². The minimum atomic E-state index is -1.04. The van der Waals surface area contributed by atoms with Crippen LogP contribution in [0.5, 0.6) is 0 Å². The van der Waals surface area contributed by atoms with Gasteiger partial charge in [0.1, 0.15) is 6.29 Å². The summed E-state index contributed by atoms with van der Waals surface area (Å²) in [7, 11) is 0. The van der Waals surface area contributed by atoms with Crippen molar-refractivity contribution in [1.82, 2.24) is 0 Å². The van der Waals surface area contributed by atoms with Gasteiger partial charge in [-0.15, -0.1) is 0 Å². The van der Waals surface area contributed by atoms with Gasteiger partial charge in [-0.1, -0.05) is 46.8 Å². The maximum Gasteiger partial charge on any atom is 0.126 e. The summed E-state index contributed by atoms with van der Waals surface area (Å²) in [5.74, 6) is 2.85. The summed E-state index contributed by atoms with van der Waals surface area (Å²) in [4.78, 5) is 12.5. The van der Waals surface area contributed by atoms with E-state index in [0.717, 1.165) is 32.0 Å². The average Bonchev–Trinajstić information content (AvgIpc) is 3.20. The van der Waals surface area contributed by atoms with Gasteiger partial charge in [0.2, 0.25) is 0 Å². The van der Waals surface area contributed by atoms with E-state index in [4.69, 9.17) is 0 Å². The van der Waals surface area contributed by atoms with Gasteiger partial charge < -0.3 is 15.0 Å². The average molecular weight is 445 g/mol. The van der Waals surface area contributed by atoms with E-state index in [0.29, 0.717) is 36.0 Å². The number of hydrogen-bond acceptors (Lipinski definition) is 3. The fraction of sp³-hybridized carbons (Fsp3) is 0.897. The quantitative estimate of drug-likeness (QED) is 0.364. The van der Waals surface area contributed by atoms with Crippen LogP contribution in [-0.4, -0.2) is 28.2 Å². The molecule has 4 rings (SSSR count). The highest BCUT2D eigenvalue weighted by molar-refractivity contribution is 5.59. The molecule has 0 saturated heterocycles. The molecule has 2 N–H and O–H groups in total. The molecule has 0 aromatic carbocycles. The Labute approximate surface area is 196 Å². The Morgan fingerprint density at radius 3 is 2.50 bits per heavy atom. The van der Waals surface area contributed by atoms with Gasteiger partial charge in [0.25, 0.3) is 0 Å². The second-order valence-electron chi connectivity index (χ2n) is 12.9. The molecular formula is C29H48O3. The molecule has 0 unspecified atom stereocenters. The van der Waals surface area contributed by atoms with E-state index in [2.05, 4.69) is 41.2 Å². The molecule has 3 heteroatoms. The van der Waals surface area contributed by atoms with Crippen molar-refractivity contribution >= 4 is 6.29 Å². The third-order valence-corrected chi connectivity index (χ3v) is 11.8. The molecule has 11 atom stereocenters. The molecule has 4 fully saturated rings. The first-order valence-electron chi connectivity index (χ1n) is 13.6. The lowest BCUT2D eigenvalue weighted by molar-refractivity contribution is -0.156. The molecule has 0 bridgehead atoms. The third-order valence-electron chi connectivity index (χ3n) is 11.8. The molecule has 0 heterocycles. The molecule has 4 saturated carbocycles. The number of aldehydes is 1. The van der Waals surface area contributed by atoms with Crippen molar-refractivity contribution < 1.29 is 15.0 Å². The maximum absolute atomic E-state index is 12.5. The number of allylic oxidation sites excluding steroid dienone is 1. The van der Waals surface area contributed by atoms with Crippen LogP contribution < -0.4 is 0 Å². The van der Waals surface area contributed by atoms with Crippen LogP contribution in [0.15, 0.2) is 12.2 Å². The minimum Gasteiger partial charge on any atom is -0.393 e. The summed E-state index contributed by atoms with van der Waals surface area (Å²) in [6.45, 7) is 16.1. The highest BCUT2D eigenvalue weighted by atomic mass is 16.3. The van der Waals surface area contributed by atoms with E-state index in [9.17, 15) is 15.0 Å². The van der Waals surface area contributed by atoms with Crippen molar-refractivity contribution in [3.8, 4) is 0 Å². The number of carbonyl (C=O) groups is 1. The van der Waals surface area contributed by atoms with Gasteiger partial charge in [-0.25, -0.2) is 0 Å². The Morgan fingerprint density at radius 1 is 1.12 bits per heavy atom. The van der Waals surface area contributed by atoms with Crippen molar-refractivity contribution in [2.24, 2.45) is 52.3 Å². The molecule has 0 amide bonds. The molecule has 3 nitrogen and oxygen atoms in total. The Hall–Kier alpha value is -0.670. The first kappa shape index (κ1) is 24.5. The van der Waals surface area contributed by atoms with Crippen LogP contribution >= 0.6 is 0 Å². The molecule has 0 aromatic rings. The third kappa shape index (κ3) is 3.39. The summed E-state index contributed by atoms with van der Waals surface area (Å²) >= 11 is 0. The summed E-state index contributed by atoms with van der Waals surface area (Å²) in [5.41, 5.74) is 0.391. The van der Waals surface area contributed by atoms with Gasteiger partial charge >= 0.3 is 0 Å². The predicted octanol–water partition coefficient (Wildman–Crippen LogP) is 6.17. The summed E-state index contributed by atoms with van der Waals surface area (Å²) in [6, 6.07) is 0. The van der Waals surface area contributed by atoms with Crippen LogP contribution in [0.1, 0.15) is 98.8 Å². The first-order valence-corrected chi connectivity index (χ1v) is 13.6. The van der Waals surface area contributed by atoms with E-state index in [1.54, 1.807) is 0 Å². The lowest BCUT2D eigenvalue weighted by Crippen LogP contribution is -2.54.